The number of furan rings is 1. The molecule has 0 spiro atoms. The number of rotatable bonds is 9. The van der Waals surface area contributed by atoms with E-state index in [2.05, 4.69) is 10.3 Å². The second-order valence-electron chi connectivity index (χ2n) is 7.82. The average molecular weight is 418 g/mol. The topological polar surface area (TPSA) is 126 Å². The summed E-state index contributed by atoms with van der Waals surface area (Å²) in [4.78, 5) is 42.1. The quantitative estimate of drug-likeness (QED) is 0.574. The van der Waals surface area contributed by atoms with E-state index in [1.54, 1.807) is 12.3 Å². The highest BCUT2D eigenvalue weighted by Crippen LogP contribution is 2.29. The molecule has 0 saturated heterocycles. The number of nitrogens with one attached hydrogen (secondary N) is 2. The van der Waals surface area contributed by atoms with Crippen LogP contribution in [0.15, 0.2) is 32.4 Å². The van der Waals surface area contributed by atoms with E-state index in [4.69, 9.17) is 10.2 Å². The molecule has 2 aromatic rings. The van der Waals surface area contributed by atoms with Gasteiger partial charge in [-0.25, -0.2) is 4.79 Å². The van der Waals surface area contributed by atoms with Crippen LogP contribution < -0.4 is 27.2 Å². The molecule has 0 unspecified atom stereocenters. The van der Waals surface area contributed by atoms with E-state index in [0.29, 0.717) is 6.54 Å². The van der Waals surface area contributed by atoms with Gasteiger partial charge >= 0.3 is 5.69 Å². The van der Waals surface area contributed by atoms with Crippen LogP contribution in [0.25, 0.3) is 0 Å². The molecule has 1 aliphatic rings. The highest BCUT2D eigenvalue weighted by Gasteiger charge is 2.32. The van der Waals surface area contributed by atoms with E-state index in [1.807, 2.05) is 19.9 Å². The van der Waals surface area contributed by atoms with Crippen molar-refractivity contribution in [2.24, 2.45) is 0 Å². The van der Waals surface area contributed by atoms with Gasteiger partial charge in [-0.1, -0.05) is 26.2 Å². The van der Waals surface area contributed by atoms with E-state index >= 15 is 0 Å². The van der Waals surface area contributed by atoms with Crippen molar-refractivity contribution in [3.8, 4) is 0 Å². The summed E-state index contributed by atoms with van der Waals surface area (Å²) in [6.07, 6.45) is 6.77. The maximum atomic E-state index is 13.3. The monoisotopic (exact) mass is 417 g/mol. The predicted octanol–water partition coefficient (Wildman–Crippen LogP) is 2.14. The number of nitrogens with zero attached hydrogens (tertiary/aromatic N) is 2. The molecule has 9 heteroatoms. The van der Waals surface area contributed by atoms with Crippen molar-refractivity contribution < 1.29 is 9.21 Å². The van der Waals surface area contributed by atoms with E-state index in [0.717, 1.165) is 44.3 Å². The molecule has 4 N–H and O–H groups in total. The van der Waals surface area contributed by atoms with Gasteiger partial charge in [0.1, 0.15) is 11.6 Å². The Labute approximate surface area is 175 Å². The Bertz CT molecular complexity index is 957. The Morgan fingerprint density at radius 3 is 2.77 bits per heavy atom. The minimum Gasteiger partial charge on any atom is -0.468 e. The summed E-state index contributed by atoms with van der Waals surface area (Å²) in [7, 11) is 0. The molecule has 9 nitrogen and oxygen atoms in total. The van der Waals surface area contributed by atoms with Crippen LogP contribution in [0.3, 0.4) is 0 Å². The molecule has 1 saturated carbocycles. The Hall–Kier alpha value is -2.81. The number of carbonyl (C=O) groups excluding carboxylic acids is 1. The smallest absolute Gasteiger partial charge is 0.330 e. The SMILES string of the molecule is CCCCn1c(N)c(N(C(=O)CN[C@@H](C)c2ccco2)C2CCCC2)c(=O)[nH]c1=O. The van der Waals surface area contributed by atoms with Gasteiger partial charge in [-0.2, -0.15) is 0 Å². The number of aromatic nitrogens is 2. The molecule has 0 bridgehead atoms. The first-order chi connectivity index (χ1) is 14.4. The van der Waals surface area contributed by atoms with Crippen LogP contribution in [-0.4, -0.2) is 28.0 Å². The first-order valence-corrected chi connectivity index (χ1v) is 10.7. The molecule has 0 aromatic carbocycles. The van der Waals surface area contributed by atoms with E-state index in [1.165, 1.54) is 9.47 Å². The first kappa shape index (κ1) is 21.9. The largest absolute Gasteiger partial charge is 0.468 e. The van der Waals surface area contributed by atoms with Gasteiger partial charge in [0.05, 0.1) is 18.8 Å². The summed E-state index contributed by atoms with van der Waals surface area (Å²) >= 11 is 0. The third kappa shape index (κ3) is 4.67. The molecule has 1 fully saturated rings. The molecule has 0 aliphatic heterocycles. The lowest BCUT2D eigenvalue weighted by atomic mass is 10.1. The molecule has 1 aliphatic carbocycles. The van der Waals surface area contributed by atoms with Gasteiger partial charge in [0.15, 0.2) is 5.69 Å². The standard InChI is InChI=1S/C21H31N5O4/c1-3-4-11-25-19(22)18(20(28)24-21(25)29)26(15-8-5-6-9-15)17(27)13-23-14(2)16-10-7-12-30-16/h7,10,12,14-15,23H,3-6,8-9,11,13,22H2,1-2H3,(H,24,28,29)/t14-/m0/s1. The van der Waals surface area contributed by atoms with Crippen molar-refractivity contribution in [3.63, 3.8) is 0 Å². The number of hydrogen-bond donors (Lipinski definition) is 3. The third-order valence-electron chi connectivity index (χ3n) is 5.68. The van der Waals surface area contributed by atoms with Crippen LogP contribution >= 0.6 is 0 Å². The number of nitrogen functional groups attached to an aromatic ring is 1. The summed E-state index contributed by atoms with van der Waals surface area (Å²) in [5.41, 5.74) is 5.19. The lowest BCUT2D eigenvalue weighted by Crippen LogP contribution is -2.48. The molecular formula is C21H31N5O4. The lowest BCUT2D eigenvalue weighted by molar-refractivity contribution is -0.118. The van der Waals surface area contributed by atoms with Gasteiger partial charge in [-0.05, 0) is 38.3 Å². The highest BCUT2D eigenvalue weighted by molar-refractivity contribution is 5.97. The lowest BCUT2D eigenvalue weighted by Gasteiger charge is -2.30. The summed E-state index contributed by atoms with van der Waals surface area (Å²) in [5.74, 6) is 0.524. The Kier molecular flexibility index (Phi) is 7.15. The molecule has 0 radical (unpaired) electrons. The van der Waals surface area contributed by atoms with Crippen LogP contribution in [0.4, 0.5) is 11.5 Å². The molecule has 3 rings (SSSR count). The van der Waals surface area contributed by atoms with Crippen molar-refractivity contribution in [1.82, 2.24) is 14.9 Å². The zero-order valence-corrected chi connectivity index (χ0v) is 17.6. The van der Waals surface area contributed by atoms with Crippen molar-refractivity contribution in [2.45, 2.75) is 71.0 Å². The van der Waals surface area contributed by atoms with Crippen LogP contribution in [-0.2, 0) is 11.3 Å². The molecule has 1 amide bonds. The van der Waals surface area contributed by atoms with E-state index in [-0.39, 0.29) is 36.0 Å². The van der Waals surface area contributed by atoms with Gasteiger partial charge in [0.2, 0.25) is 5.91 Å². The van der Waals surface area contributed by atoms with Gasteiger partial charge in [0.25, 0.3) is 5.56 Å². The van der Waals surface area contributed by atoms with E-state index in [9.17, 15) is 14.4 Å². The van der Waals surface area contributed by atoms with Crippen molar-refractivity contribution >= 4 is 17.4 Å². The maximum absolute atomic E-state index is 13.3. The number of anilines is 2. The van der Waals surface area contributed by atoms with Crippen LogP contribution in [0.5, 0.6) is 0 Å². The Morgan fingerprint density at radius 2 is 2.13 bits per heavy atom. The maximum Gasteiger partial charge on any atom is 0.330 e. The number of amides is 1. The second-order valence-corrected chi connectivity index (χ2v) is 7.82. The van der Waals surface area contributed by atoms with Gasteiger partial charge < -0.3 is 15.1 Å². The number of unbranched alkanes of at least 4 members (excludes halogenated alkanes) is 1. The van der Waals surface area contributed by atoms with Crippen LogP contribution in [0.1, 0.15) is 64.2 Å². The minimum atomic E-state index is -0.621. The fraction of sp³-hybridized carbons (Fsp3) is 0.571. The van der Waals surface area contributed by atoms with Gasteiger partial charge in [-0.15, -0.1) is 0 Å². The van der Waals surface area contributed by atoms with Gasteiger partial charge in [0, 0.05) is 12.6 Å². The van der Waals surface area contributed by atoms with Crippen molar-refractivity contribution in [3.05, 3.63) is 45.0 Å². The summed E-state index contributed by atoms with van der Waals surface area (Å²) in [6.45, 7) is 4.32. The second kappa shape index (κ2) is 9.80. The molecule has 30 heavy (non-hydrogen) atoms. The van der Waals surface area contributed by atoms with Crippen LogP contribution in [0.2, 0.25) is 0 Å². The summed E-state index contributed by atoms with van der Waals surface area (Å²) in [5, 5.41) is 3.15. The average Bonchev–Trinajstić information content (AvgIpc) is 3.43. The number of hydrogen-bond acceptors (Lipinski definition) is 6. The number of carbonyl (C=O) groups is 1. The summed E-state index contributed by atoms with van der Waals surface area (Å²) < 4.78 is 6.73. The fourth-order valence-electron chi connectivity index (χ4n) is 3.99. The normalized spacial score (nSPS) is 15.4. The number of aromatic amines is 1. The Morgan fingerprint density at radius 1 is 1.40 bits per heavy atom. The first-order valence-electron chi connectivity index (χ1n) is 10.7. The molecule has 2 heterocycles. The molecular weight excluding hydrogens is 386 g/mol. The minimum absolute atomic E-state index is 0.0192. The molecule has 1 atom stereocenters. The Balaban J connectivity index is 1.91. The van der Waals surface area contributed by atoms with Crippen molar-refractivity contribution in [1.29, 1.82) is 0 Å². The summed E-state index contributed by atoms with van der Waals surface area (Å²) in [6, 6.07) is 3.35. The van der Waals surface area contributed by atoms with Crippen molar-refractivity contribution in [2.75, 3.05) is 17.2 Å². The number of nitrogens with two attached hydrogens (primary N) is 1. The zero-order chi connectivity index (χ0) is 21.7. The third-order valence-corrected chi connectivity index (χ3v) is 5.68. The van der Waals surface area contributed by atoms with E-state index < -0.39 is 11.2 Å². The molecule has 164 valence electrons. The van der Waals surface area contributed by atoms with Crippen LogP contribution in [0, 0.1) is 0 Å². The molecule has 2 aromatic heterocycles. The number of H-pyrrole nitrogens is 1. The zero-order valence-electron chi connectivity index (χ0n) is 17.6. The van der Waals surface area contributed by atoms with Gasteiger partial charge in [-0.3, -0.25) is 24.5 Å². The predicted molar refractivity (Wildman–Crippen MR) is 116 cm³/mol. The fourth-order valence-corrected chi connectivity index (χ4v) is 3.99. The highest BCUT2D eigenvalue weighted by atomic mass is 16.3.